The molecule has 136 valence electrons. The minimum atomic E-state index is -0.604. The van der Waals surface area contributed by atoms with Crippen molar-refractivity contribution in [3.8, 4) is 0 Å². The Bertz CT molecular complexity index is 664. The summed E-state index contributed by atoms with van der Waals surface area (Å²) in [6.07, 6.45) is 2.78. The predicted octanol–water partition coefficient (Wildman–Crippen LogP) is 0.637. The van der Waals surface area contributed by atoms with Crippen molar-refractivity contribution in [2.24, 2.45) is 5.73 Å². The van der Waals surface area contributed by atoms with Gasteiger partial charge in [0, 0.05) is 38.2 Å². The van der Waals surface area contributed by atoms with E-state index < -0.39 is 4.92 Å². The van der Waals surface area contributed by atoms with Crippen LogP contribution in [0, 0.1) is 10.1 Å². The summed E-state index contributed by atoms with van der Waals surface area (Å²) in [5.74, 6) is -0.505. The van der Waals surface area contributed by atoms with Gasteiger partial charge in [-0.1, -0.05) is 6.07 Å². The van der Waals surface area contributed by atoms with Gasteiger partial charge >= 0.3 is 0 Å². The number of hydrogen-bond donors (Lipinski definition) is 3. The van der Waals surface area contributed by atoms with E-state index in [1.54, 1.807) is 4.90 Å². The lowest BCUT2D eigenvalue weighted by atomic mass is 10.00. The average Bonchev–Trinajstić information content (AvgIpc) is 2.60. The number of nitro groups is 1. The standard InChI is InChI=1S/C16H23N5O4/c17-8-7-14(22)19-10-11-4-1-2-9-20(11)16(23)12-5-3-6-13(15(12)18)21(24)25/h3,5-6,11H,1-2,4,7-10,17-18H2,(H,19,22). The first-order valence-electron chi connectivity index (χ1n) is 8.26. The van der Waals surface area contributed by atoms with Crippen LogP contribution >= 0.6 is 0 Å². The molecule has 25 heavy (non-hydrogen) atoms. The molecule has 0 spiro atoms. The van der Waals surface area contributed by atoms with Crippen LogP contribution in [0.1, 0.15) is 36.0 Å². The van der Waals surface area contributed by atoms with E-state index in [4.69, 9.17) is 11.5 Å². The molecule has 0 saturated carbocycles. The van der Waals surface area contributed by atoms with Gasteiger partial charge in [0.25, 0.3) is 11.6 Å². The highest BCUT2D eigenvalue weighted by Gasteiger charge is 2.30. The molecule has 9 heteroatoms. The number of rotatable bonds is 6. The van der Waals surface area contributed by atoms with Gasteiger partial charge in [-0.05, 0) is 25.3 Å². The predicted molar refractivity (Wildman–Crippen MR) is 92.9 cm³/mol. The summed E-state index contributed by atoms with van der Waals surface area (Å²) >= 11 is 0. The molecule has 1 fully saturated rings. The van der Waals surface area contributed by atoms with Crippen LogP contribution < -0.4 is 16.8 Å². The Hall–Kier alpha value is -2.68. The van der Waals surface area contributed by atoms with Crippen LogP contribution in [0.15, 0.2) is 18.2 Å². The van der Waals surface area contributed by atoms with Gasteiger partial charge in [-0.2, -0.15) is 0 Å². The van der Waals surface area contributed by atoms with Crippen molar-refractivity contribution in [1.29, 1.82) is 0 Å². The average molecular weight is 349 g/mol. The minimum Gasteiger partial charge on any atom is -0.393 e. The summed E-state index contributed by atoms with van der Waals surface area (Å²) in [6.45, 7) is 1.13. The molecule has 1 aromatic carbocycles. The lowest BCUT2D eigenvalue weighted by Crippen LogP contribution is -2.49. The zero-order chi connectivity index (χ0) is 18.4. The quantitative estimate of drug-likeness (QED) is 0.390. The number of likely N-dealkylation sites (tertiary alicyclic amines) is 1. The van der Waals surface area contributed by atoms with Gasteiger partial charge in [0.1, 0.15) is 5.69 Å². The van der Waals surface area contributed by atoms with Crippen LogP contribution in [-0.2, 0) is 4.79 Å². The lowest BCUT2D eigenvalue weighted by Gasteiger charge is -2.36. The highest BCUT2D eigenvalue weighted by atomic mass is 16.6. The van der Waals surface area contributed by atoms with E-state index in [0.717, 1.165) is 19.3 Å². The maximum Gasteiger partial charge on any atom is 0.292 e. The lowest BCUT2D eigenvalue weighted by molar-refractivity contribution is -0.383. The van der Waals surface area contributed by atoms with Crippen molar-refractivity contribution in [1.82, 2.24) is 10.2 Å². The molecule has 9 nitrogen and oxygen atoms in total. The zero-order valence-electron chi connectivity index (χ0n) is 13.9. The summed E-state index contributed by atoms with van der Waals surface area (Å²) in [5.41, 5.74) is 10.9. The third-order valence-electron chi connectivity index (χ3n) is 4.30. The second kappa shape index (κ2) is 8.43. The van der Waals surface area contributed by atoms with Crippen molar-refractivity contribution in [3.63, 3.8) is 0 Å². The van der Waals surface area contributed by atoms with Gasteiger partial charge in [-0.3, -0.25) is 19.7 Å². The summed E-state index contributed by atoms with van der Waals surface area (Å²) < 4.78 is 0. The van der Waals surface area contributed by atoms with Crippen LogP contribution in [-0.4, -0.2) is 47.3 Å². The van der Waals surface area contributed by atoms with Crippen LogP contribution in [0.2, 0.25) is 0 Å². The fourth-order valence-electron chi connectivity index (χ4n) is 2.98. The summed E-state index contributed by atoms with van der Waals surface area (Å²) in [7, 11) is 0. The first kappa shape index (κ1) is 18.7. The number of piperidine rings is 1. The number of nitrogens with two attached hydrogens (primary N) is 2. The molecular weight excluding hydrogens is 326 g/mol. The second-order valence-electron chi connectivity index (χ2n) is 5.99. The number of amides is 2. The zero-order valence-corrected chi connectivity index (χ0v) is 13.9. The molecule has 1 atom stereocenters. The fourth-order valence-corrected chi connectivity index (χ4v) is 2.98. The maximum atomic E-state index is 12.9. The number of carbonyl (C=O) groups excluding carboxylic acids is 2. The number of carbonyl (C=O) groups is 2. The molecule has 1 aliphatic heterocycles. The fraction of sp³-hybridized carbons (Fsp3) is 0.500. The third-order valence-corrected chi connectivity index (χ3v) is 4.30. The largest absolute Gasteiger partial charge is 0.393 e. The SMILES string of the molecule is NCCC(=O)NCC1CCCCN1C(=O)c1cccc([N+](=O)[O-])c1N. The Morgan fingerprint density at radius 2 is 2.12 bits per heavy atom. The smallest absolute Gasteiger partial charge is 0.292 e. The minimum absolute atomic E-state index is 0.120. The van der Waals surface area contributed by atoms with Gasteiger partial charge in [-0.15, -0.1) is 0 Å². The van der Waals surface area contributed by atoms with E-state index in [1.165, 1.54) is 18.2 Å². The Morgan fingerprint density at radius 1 is 1.36 bits per heavy atom. The molecular formula is C16H23N5O4. The van der Waals surface area contributed by atoms with Gasteiger partial charge in [-0.25, -0.2) is 0 Å². The number of nitrogen functional groups attached to an aromatic ring is 1. The third kappa shape index (κ3) is 4.44. The number of nitrogens with zero attached hydrogens (tertiary/aromatic N) is 2. The monoisotopic (exact) mass is 349 g/mol. The Morgan fingerprint density at radius 3 is 2.80 bits per heavy atom. The van der Waals surface area contributed by atoms with E-state index in [2.05, 4.69) is 5.32 Å². The molecule has 2 rings (SSSR count). The number of nitrogens with one attached hydrogen (secondary N) is 1. The number of para-hydroxylation sites is 1. The molecule has 1 heterocycles. The number of hydrogen-bond acceptors (Lipinski definition) is 6. The maximum absolute atomic E-state index is 12.9. The van der Waals surface area contributed by atoms with E-state index in [9.17, 15) is 19.7 Å². The van der Waals surface area contributed by atoms with Crippen LogP contribution in [0.3, 0.4) is 0 Å². The molecule has 0 aliphatic carbocycles. The second-order valence-corrected chi connectivity index (χ2v) is 5.99. The summed E-state index contributed by atoms with van der Waals surface area (Å²) in [6, 6.07) is 4.04. The topological polar surface area (TPSA) is 145 Å². The van der Waals surface area contributed by atoms with Crippen LogP contribution in [0.5, 0.6) is 0 Å². The molecule has 1 unspecified atom stereocenters. The Kier molecular flexibility index (Phi) is 6.29. The van der Waals surface area contributed by atoms with E-state index >= 15 is 0 Å². The first-order chi connectivity index (χ1) is 12.0. The van der Waals surface area contributed by atoms with Gasteiger partial charge < -0.3 is 21.7 Å². The van der Waals surface area contributed by atoms with E-state index in [-0.39, 0.29) is 47.8 Å². The molecule has 0 aromatic heterocycles. The molecule has 0 bridgehead atoms. The van der Waals surface area contributed by atoms with Gasteiger partial charge in [0.05, 0.1) is 10.5 Å². The summed E-state index contributed by atoms with van der Waals surface area (Å²) in [4.78, 5) is 36.5. The molecule has 1 aromatic rings. The molecule has 1 aliphatic rings. The number of anilines is 1. The van der Waals surface area contributed by atoms with Crippen LogP contribution in [0.4, 0.5) is 11.4 Å². The molecule has 2 amide bonds. The molecule has 1 saturated heterocycles. The normalized spacial score (nSPS) is 17.2. The van der Waals surface area contributed by atoms with Gasteiger partial charge in [0.2, 0.25) is 5.91 Å². The molecule has 5 N–H and O–H groups in total. The van der Waals surface area contributed by atoms with Crippen molar-refractivity contribution >= 4 is 23.2 Å². The van der Waals surface area contributed by atoms with Crippen molar-refractivity contribution in [2.75, 3.05) is 25.4 Å². The summed E-state index contributed by atoms with van der Waals surface area (Å²) in [5, 5.41) is 13.8. The highest BCUT2D eigenvalue weighted by Crippen LogP contribution is 2.28. The van der Waals surface area contributed by atoms with Crippen molar-refractivity contribution < 1.29 is 14.5 Å². The number of nitro benzene ring substituents is 1. The van der Waals surface area contributed by atoms with Crippen molar-refractivity contribution in [3.05, 3.63) is 33.9 Å². The highest BCUT2D eigenvalue weighted by molar-refractivity contribution is 6.01. The number of benzene rings is 1. The first-order valence-corrected chi connectivity index (χ1v) is 8.26. The molecule has 0 radical (unpaired) electrons. The van der Waals surface area contributed by atoms with E-state index in [1.807, 2.05) is 0 Å². The van der Waals surface area contributed by atoms with Crippen LogP contribution in [0.25, 0.3) is 0 Å². The van der Waals surface area contributed by atoms with Gasteiger partial charge in [0.15, 0.2) is 0 Å². The van der Waals surface area contributed by atoms with Crippen molar-refractivity contribution in [2.45, 2.75) is 31.7 Å². The van der Waals surface area contributed by atoms with E-state index in [0.29, 0.717) is 13.1 Å². The Balaban J connectivity index is 2.16. The Labute approximate surface area is 145 Å².